The fourth-order valence-corrected chi connectivity index (χ4v) is 1.26. The Balaban J connectivity index is 2.26. The molecule has 0 amide bonds. The summed E-state index contributed by atoms with van der Waals surface area (Å²) in [5.41, 5.74) is 0. The molecule has 1 aromatic rings. The van der Waals surface area contributed by atoms with Gasteiger partial charge in [0.25, 0.3) is 0 Å². The Morgan fingerprint density at radius 3 is 2.47 bits per heavy atom. The predicted octanol–water partition coefficient (Wildman–Crippen LogP) is 2.24. The third kappa shape index (κ3) is 5.36. The molecule has 4 nitrogen and oxygen atoms in total. The van der Waals surface area contributed by atoms with Gasteiger partial charge in [0.2, 0.25) is 0 Å². The number of hydrogen-bond donors (Lipinski definition) is 0. The molecule has 0 spiro atoms. The van der Waals surface area contributed by atoms with Gasteiger partial charge in [0.1, 0.15) is 18.0 Å². The Kier molecular flexibility index (Phi) is 5.49. The van der Waals surface area contributed by atoms with Crippen LogP contribution < -0.4 is 4.74 Å². The van der Waals surface area contributed by atoms with Gasteiger partial charge in [-0.2, -0.15) is 0 Å². The summed E-state index contributed by atoms with van der Waals surface area (Å²) in [5, 5.41) is 0.624. The number of esters is 1. The van der Waals surface area contributed by atoms with Crippen molar-refractivity contribution in [2.45, 2.75) is 12.8 Å². The SMILES string of the molecule is COC(=O)CC(=O)CCOc1ccc(Cl)cc1. The van der Waals surface area contributed by atoms with Gasteiger partial charge in [0.05, 0.1) is 13.7 Å². The van der Waals surface area contributed by atoms with E-state index in [0.717, 1.165) is 0 Å². The summed E-state index contributed by atoms with van der Waals surface area (Å²) in [6, 6.07) is 6.83. The topological polar surface area (TPSA) is 52.6 Å². The molecule has 0 bridgehead atoms. The van der Waals surface area contributed by atoms with E-state index in [1.165, 1.54) is 7.11 Å². The maximum absolute atomic E-state index is 11.3. The lowest BCUT2D eigenvalue weighted by molar-refractivity contribution is -0.143. The summed E-state index contributed by atoms with van der Waals surface area (Å²) in [4.78, 5) is 22.0. The maximum atomic E-state index is 11.3. The standard InChI is InChI=1S/C12H13ClO4/c1-16-12(15)8-10(14)6-7-17-11-4-2-9(13)3-5-11/h2-5H,6-8H2,1H3. The Bertz CT molecular complexity index is 386. The van der Waals surface area contributed by atoms with Gasteiger partial charge in [-0.1, -0.05) is 11.6 Å². The normalized spacial score (nSPS) is 9.76. The second-order valence-corrected chi connectivity index (χ2v) is 3.78. The molecular formula is C12H13ClO4. The highest BCUT2D eigenvalue weighted by Gasteiger charge is 2.09. The van der Waals surface area contributed by atoms with E-state index >= 15 is 0 Å². The number of Topliss-reactive ketones (excluding diaryl/α,β-unsaturated/α-hetero) is 1. The van der Waals surface area contributed by atoms with Crippen LogP contribution >= 0.6 is 11.6 Å². The molecule has 0 aliphatic carbocycles. The van der Waals surface area contributed by atoms with E-state index in [0.29, 0.717) is 10.8 Å². The predicted molar refractivity (Wildman–Crippen MR) is 63.2 cm³/mol. The number of rotatable bonds is 6. The lowest BCUT2D eigenvalue weighted by atomic mass is 10.2. The van der Waals surface area contributed by atoms with Crippen LogP contribution in [-0.2, 0) is 14.3 Å². The fraction of sp³-hybridized carbons (Fsp3) is 0.333. The van der Waals surface area contributed by atoms with E-state index in [4.69, 9.17) is 16.3 Å². The fourth-order valence-electron chi connectivity index (χ4n) is 1.14. The van der Waals surface area contributed by atoms with E-state index < -0.39 is 5.97 Å². The van der Waals surface area contributed by atoms with Gasteiger partial charge in [-0.25, -0.2) is 0 Å². The van der Waals surface area contributed by atoms with E-state index in [1.54, 1.807) is 24.3 Å². The summed E-state index contributed by atoms with van der Waals surface area (Å²) in [5.74, 6) is -0.0902. The highest BCUT2D eigenvalue weighted by molar-refractivity contribution is 6.30. The highest BCUT2D eigenvalue weighted by atomic mass is 35.5. The average molecular weight is 257 g/mol. The number of benzene rings is 1. The van der Waals surface area contributed by atoms with Crippen LogP contribution in [-0.4, -0.2) is 25.5 Å². The van der Waals surface area contributed by atoms with Crippen molar-refractivity contribution in [1.82, 2.24) is 0 Å². The molecule has 1 rings (SSSR count). The van der Waals surface area contributed by atoms with Crippen molar-refractivity contribution >= 4 is 23.4 Å². The van der Waals surface area contributed by atoms with E-state index in [-0.39, 0.29) is 25.2 Å². The largest absolute Gasteiger partial charge is 0.493 e. The number of halogens is 1. The number of hydrogen-bond acceptors (Lipinski definition) is 4. The summed E-state index contributed by atoms with van der Waals surface area (Å²) in [6.07, 6.45) is -0.0296. The molecule has 0 saturated heterocycles. The van der Waals surface area contributed by atoms with Gasteiger partial charge in [0, 0.05) is 11.4 Å². The number of methoxy groups -OCH3 is 1. The molecule has 0 radical (unpaired) electrons. The second-order valence-electron chi connectivity index (χ2n) is 3.34. The Morgan fingerprint density at radius 1 is 1.24 bits per heavy atom. The van der Waals surface area contributed by atoms with Crippen molar-refractivity contribution < 1.29 is 19.1 Å². The minimum absolute atomic E-state index is 0.178. The van der Waals surface area contributed by atoms with Crippen LogP contribution in [0.15, 0.2) is 24.3 Å². The van der Waals surface area contributed by atoms with Crippen molar-refractivity contribution in [3.63, 3.8) is 0 Å². The van der Waals surface area contributed by atoms with Crippen molar-refractivity contribution in [1.29, 1.82) is 0 Å². The van der Waals surface area contributed by atoms with Crippen LogP contribution in [0.5, 0.6) is 5.75 Å². The third-order valence-electron chi connectivity index (χ3n) is 2.03. The monoisotopic (exact) mass is 256 g/mol. The summed E-state index contributed by atoms with van der Waals surface area (Å²) >= 11 is 5.71. The molecule has 0 saturated carbocycles. The summed E-state index contributed by atoms with van der Waals surface area (Å²) in [7, 11) is 1.25. The first-order valence-corrected chi connectivity index (χ1v) is 5.46. The quantitative estimate of drug-likeness (QED) is 0.579. The van der Waals surface area contributed by atoms with Gasteiger partial charge in [-0.3, -0.25) is 9.59 Å². The minimum Gasteiger partial charge on any atom is -0.493 e. The second kappa shape index (κ2) is 6.91. The van der Waals surface area contributed by atoms with Crippen molar-refractivity contribution in [3.8, 4) is 5.75 Å². The molecule has 0 heterocycles. The molecule has 0 aliphatic heterocycles. The van der Waals surface area contributed by atoms with Gasteiger partial charge >= 0.3 is 5.97 Å². The first-order valence-electron chi connectivity index (χ1n) is 5.08. The molecule has 0 atom stereocenters. The summed E-state index contributed by atoms with van der Waals surface area (Å²) in [6.45, 7) is 0.234. The van der Waals surface area contributed by atoms with Gasteiger partial charge in [-0.05, 0) is 24.3 Å². The molecule has 0 unspecified atom stereocenters. The van der Waals surface area contributed by atoms with E-state index in [9.17, 15) is 9.59 Å². The zero-order valence-electron chi connectivity index (χ0n) is 9.44. The van der Waals surface area contributed by atoms with Crippen LogP contribution in [0.4, 0.5) is 0 Å². The van der Waals surface area contributed by atoms with E-state index in [1.807, 2.05) is 0 Å². The molecule has 0 N–H and O–H groups in total. The smallest absolute Gasteiger partial charge is 0.313 e. The van der Waals surface area contributed by atoms with Crippen molar-refractivity contribution in [3.05, 3.63) is 29.3 Å². The van der Waals surface area contributed by atoms with Crippen molar-refractivity contribution in [2.75, 3.05) is 13.7 Å². The van der Waals surface area contributed by atoms with Crippen LogP contribution in [0.1, 0.15) is 12.8 Å². The Morgan fingerprint density at radius 2 is 1.88 bits per heavy atom. The molecule has 17 heavy (non-hydrogen) atoms. The third-order valence-corrected chi connectivity index (χ3v) is 2.28. The first-order chi connectivity index (χ1) is 8.11. The number of ether oxygens (including phenoxy) is 2. The zero-order chi connectivity index (χ0) is 12.7. The molecule has 92 valence electrons. The highest BCUT2D eigenvalue weighted by Crippen LogP contribution is 2.15. The van der Waals surface area contributed by atoms with E-state index in [2.05, 4.69) is 4.74 Å². The summed E-state index contributed by atoms with van der Waals surface area (Å²) < 4.78 is 9.70. The average Bonchev–Trinajstić information content (AvgIpc) is 2.31. The zero-order valence-corrected chi connectivity index (χ0v) is 10.2. The lowest BCUT2D eigenvalue weighted by Gasteiger charge is -2.05. The molecule has 5 heteroatoms. The minimum atomic E-state index is -0.526. The van der Waals surface area contributed by atoms with Crippen LogP contribution in [0.25, 0.3) is 0 Å². The number of carbonyl (C=O) groups is 2. The van der Waals surface area contributed by atoms with Crippen LogP contribution in [0, 0.1) is 0 Å². The Labute approximate surface area is 104 Å². The molecular weight excluding hydrogens is 244 g/mol. The van der Waals surface area contributed by atoms with Crippen molar-refractivity contribution in [2.24, 2.45) is 0 Å². The van der Waals surface area contributed by atoms with Gasteiger partial charge in [0.15, 0.2) is 0 Å². The Hall–Kier alpha value is -1.55. The first kappa shape index (κ1) is 13.5. The number of carbonyl (C=O) groups excluding carboxylic acids is 2. The van der Waals surface area contributed by atoms with Crippen LogP contribution in [0.3, 0.4) is 0 Å². The van der Waals surface area contributed by atoms with Gasteiger partial charge < -0.3 is 9.47 Å². The van der Waals surface area contributed by atoms with Crippen LogP contribution in [0.2, 0.25) is 5.02 Å². The maximum Gasteiger partial charge on any atom is 0.313 e. The van der Waals surface area contributed by atoms with Gasteiger partial charge in [-0.15, -0.1) is 0 Å². The molecule has 0 aliphatic rings. The molecule has 1 aromatic carbocycles. The number of ketones is 1. The molecule has 0 aromatic heterocycles. The molecule has 0 fully saturated rings. The lowest BCUT2D eigenvalue weighted by Crippen LogP contribution is -2.12.